The topological polar surface area (TPSA) is 110 Å². The molecule has 0 aromatic heterocycles. The van der Waals surface area contributed by atoms with Gasteiger partial charge in [0.05, 0.1) is 17.1 Å². The molecule has 1 amide bonds. The molecule has 0 spiro atoms. The number of hydrogen-bond acceptors (Lipinski definition) is 5. The van der Waals surface area contributed by atoms with Crippen LogP contribution in [0.4, 0.5) is 5.69 Å². The van der Waals surface area contributed by atoms with Crippen LogP contribution in [0, 0.1) is 10.1 Å². The van der Waals surface area contributed by atoms with E-state index in [0.717, 1.165) is 11.1 Å². The number of nitro groups is 1. The smallest absolute Gasteiger partial charge is 0.269 e. The number of carbonyl (C=O) groups excluding carboxylic acids is 1. The minimum absolute atomic E-state index is 0.0769. The monoisotopic (exact) mass is 341 g/mol. The summed E-state index contributed by atoms with van der Waals surface area (Å²) in [5, 5.41) is 21.4. The Labute approximate surface area is 144 Å². The van der Waals surface area contributed by atoms with E-state index in [0.29, 0.717) is 18.5 Å². The molecule has 0 aliphatic carbocycles. The van der Waals surface area contributed by atoms with Gasteiger partial charge in [-0.3, -0.25) is 19.8 Å². The van der Waals surface area contributed by atoms with Crippen molar-refractivity contribution in [3.8, 4) is 0 Å². The maximum absolute atomic E-state index is 11.8. The summed E-state index contributed by atoms with van der Waals surface area (Å²) in [6.45, 7) is 0.666. The Hall–Kier alpha value is -2.77. The molecule has 1 aliphatic rings. The fourth-order valence-electron chi connectivity index (χ4n) is 3.22. The van der Waals surface area contributed by atoms with Crippen LogP contribution in [0.3, 0.4) is 0 Å². The standard InChI is InChI=1S/C18H19N3O4/c19-18(23)16-9-12-4-1-2-5-14(12)10-20(16)11-17(22)13-6-3-7-15(8-13)21(24)25/h1-8,16-17,22H,9-11H2,(H2,19,23)/t16-,17?/m0/s1. The Morgan fingerprint density at radius 1 is 1.28 bits per heavy atom. The highest BCUT2D eigenvalue weighted by Crippen LogP contribution is 2.26. The molecule has 25 heavy (non-hydrogen) atoms. The third kappa shape index (κ3) is 3.67. The molecule has 2 aromatic carbocycles. The van der Waals surface area contributed by atoms with Crippen molar-refractivity contribution in [1.29, 1.82) is 0 Å². The molecule has 0 fully saturated rings. The minimum atomic E-state index is -0.952. The van der Waals surface area contributed by atoms with Crippen molar-refractivity contribution in [2.75, 3.05) is 6.54 Å². The van der Waals surface area contributed by atoms with E-state index in [1.807, 2.05) is 29.2 Å². The lowest BCUT2D eigenvalue weighted by Crippen LogP contribution is -2.49. The fraction of sp³-hybridized carbons (Fsp3) is 0.278. The van der Waals surface area contributed by atoms with Crippen LogP contribution < -0.4 is 5.73 Å². The number of benzene rings is 2. The van der Waals surface area contributed by atoms with Gasteiger partial charge in [0.1, 0.15) is 0 Å². The largest absolute Gasteiger partial charge is 0.387 e. The number of rotatable bonds is 5. The summed E-state index contributed by atoms with van der Waals surface area (Å²) in [5.41, 5.74) is 8.07. The molecule has 2 aromatic rings. The third-order valence-corrected chi connectivity index (χ3v) is 4.55. The fourth-order valence-corrected chi connectivity index (χ4v) is 3.22. The van der Waals surface area contributed by atoms with E-state index in [-0.39, 0.29) is 12.2 Å². The number of fused-ring (bicyclic) bond motifs is 1. The second kappa shape index (κ2) is 7.00. The number of nitrogens with two attached hydrogens (primary N) is 1. The average molecular weight is 341 g/mol. The summed E-state index contributed by atoms with van der Waals surface area (Å²) in [6.07, 6.45) is -0.459. The number of β-amino-alcohol motifs (C(OH)–C–C–N with tert-alkyl or cyclic N) is 1. The highest BCUT2D eigenvalue weighted by molar-refractivity contribution is 5.80. The van der Waals surface area contributed by atoms with Crippen molar-refractivity contribution in [2.24, 2.45) is 5.73 Å². The lowest BCUT2D eigenvalue weighted by Gasteiger charge is -2.36. The zero-order valence-electron chi connectivity index (χ0n) is 13.5. The van der Waals surface area contributed by atoms with Gasteiger partial charge in [-0.2, -0.15) is 0 Å². The van der Waals surface area contributed by atoms with Crippen molar-refractivity contribution in [2.45, 2.75) is 25.1 Å². The zero-order valence-corrected chi connectivity index (χ0v) is 13.5. The molecule has 7 heteroatoms. The molecule has 0 bridgehead atoms. The number of nitrogens with zero attached hydrogens (tertiary/aromatic N) is 2. The number of non-ortho nitro benzene ring substituents is 1. The lowest BCUT2D eigenvalue weighted by molar-refractivity contribution is -0.385. The minimum Gasteiger partial charge on any atom is -0.387 e. The van der Waals surface area contributed by atoms with Crippen LogP contribution in [-0.2, 0) is 17.8 Å². The van der Waals surface area contributed by atoms with E-state index in [4.69, 9.17) is 5.73 Å². The van der Waals surface area contributed by atoms with E-state index in [9.17, 15) is 20.0 Å². The maximum atomic E-state index is 11.8. The molecule has 3 N–H and O–H groups in total. The first-order chi connectivity index (χ1) is 12.0. The molecule has 1 heterocycles. The van der Waals surface area contributed by atoms with Crippen molar-refractivity contribution >= 4 is 11.6 Å². The molecule has 0 saturated carbocycles. The van der Waals surface area contributed by atoms with E-state index in [1.54, 1.807) is 6.07 Å². The Balaban J connectivity index is 1.81. The number of primary amides is 1. The molecule has 7 nitrogen and oxygen atoms in total. The van der Waals surface area contributed by atoms with Crippen molar-refractivity contribution in [3.63, 3.8) is 0 Å². The van der Waals surface area contributed by atoms with Crippen LogP contribution in [0.1, 0.15) is 22.8 Å². The molecular weight excluding hydrogens is 322 g/mol. The predicted molar refractivity (Wildman–Crippen MR) is 91.6 cm³/mol. The first kappa shape index (κ1) is 17.1. The van der Waals surface area contributed by atoms with Crippen LogP contribution in [0.15, 0.2) is 48.5 Å². The first-order valence-corrected chi connectivity index (χ1v) is 7.98. The van der Waals surface area contributed by atoms with Crippen LogP contribution in [-0.4, -0.2) is 33.4 Å². The molecule has 130 valence electrons. The number of amides is 1. The van der Waals surface area contributed by atoms with Crippen LogP contribution in [0.25, 0.3) is 0 Å². The number of carbonyl (C=O) groups is 1. The normalized spacial score (nSPS) is 18.4. The number of hydrogen-bond donors (Lipinski definition) is 2. The van der Waals surface area contributed by atoms with Crippen molar-refractivity contribution in [3.05, 3.63) is 75.3 Å². The van der Waals surface area contributed by atoms with Crippen LogP contribution in [0.5, 0.6) is 0 Å². The van der Waals surface area contributed by atoms with E-state index < -0.39 is 23.0 Å². The highest BCUT2D eigenvalue weighted by Gasteiger charge is 2.31. The van der Waals surface area contributed by atoms with Gasteiger partial charge >= 0.3 is 0 Å². The zero-order chi connectivity index (χ0) is 18.0. The molecule has 3 rings (SSSR count). The van der Waals surface area contributed by atoms with Gasteiger partial charge in [-0.05, 0) is 23.1 Å². The third-order valence-electron chi connectivity index (χ3n) is 4.55. The van der Waals surface area contributed by atoms with Gasteiger partial charge in [-0.15, -0.1) is 0 Å². The molecule has 2 atom stereocenters. The second-order valence-electron chi connectivity index (χ2n) is 6.19. The molecule has 0 radical (unpaired) electrons. The highest BCUT2D eigenvalue weighted by atomic mass is 16.6. The van der Waals surface area contributed by atoms with Crippen molar-refractivity contribution < 1.29 is 14.8 Å². The molecular formula is C18H19N3O4. The summed E-state index contributed by atoms with van der Waals surface area (Å²) in [7, 11) is 0. The second-order valence-corrected chi connectivity index (χ2v) is 6.19. The van der Waals surface area contributed by atoms with E-state index in [2.05, 4.69) is 0 Å². The summed E-state index contributed by atoms with van der Waals surface area (Å²) in [6, 6.07) is 13.2. The molecule has 1 unspecified atom stereocenters. The number of nitro benzene ring substituents is 1. The summed E-state index contributed by atoms with van der Waals surface area (Å²) in [5.74, 6) is -0.444. The average Bonchev–Trinajstić information content (AvgIpc) is 2.61. The van der Waals surface area contributed by atoms with Gasteiger partial charge in [0.15, 0.2) is 0 Å². The summed E-state index contributed by atoms with van der Waals surface area (Å²) < 4.78 is 0. The Morgan fingerprint density at radius 3 is 2.68 bits per heavy atom. The Kier molecular flexibility index (Phi) is 4.78. The van der Waals surface area contributed by atoms with E-state index >= 15 is 0 Å². The van der Waals surface area contributed by atoms with Crippen LogP contribution in [0.2, 0.25) is 0 Å². The quantitative estimate of drug-likeness (QED) is 0.633. The summed E-state index contributed by atoms with van der Waals surface area (Å²) in [4.78, 5) is 24.1. The van der Waals surface area contributed by atoms with Gasteiger partial charge in [-0.1, -0.05) is 36.4 Å². The SMILES string of the molecule is NC(=O)[C@@H]1Cc2ccccc2CN1CC(O)c1cccc([N+](=O)[O-])c1. The van der Waals surface area contributed by atoms with Gasteiger partial charge < -0.3 is 10.8 Å². The van der Waals surface area contributed by atoms with Gasteiger partial charge in [0.2, 0.25) is 5.91 Å². The number of aliphatic hydroxyl groups excluding tert-OH is 1. The van der Waals surface area contributed by atoms with Crippen LogP contribution >= 0.6 is 0 Å². The Bertz CT molecular complexity index is 808. The Morgan fingerprint density at radius 2 is 2.00 bits per heavy atom. The lowest BCUT2D eigenvalue weighted by atomic mass is 9.93. The summed E-state index contributed by atoms with van der Waals surface area (Å²) >= 11 is 0. The number of aliphatic hydroxyl groups is 1. The van der Waals surface area contributed by atoms with Gasteiger partial charge in [0, 0.05) is 25.2 Å². The van der Waals surface area contributed by atoms with Gasteiger partial charge in [0.25, 0.3) is 5.69 Å². The first-order valence-electron chi connectivity index (χ1n) is 7.98. The molecule has 1 aliphatic heterocycles. The van der Waals surface area contributed by atoms with Crippen molar-refractivity contribution in [1.82, 2.24) is 4.90 Å². The predicted octanol–water partition coefficient (Wildman–Crippen LogP) is 1.54. The van der Waals surface area contributed by atoms with Gasteiger partial charge in [-0.25, -0.2) is 0 Å². The molecule has 0 saturated heterocycles. The maximum Gasteiger partial charge on any atom is 0.269 e. The van der Waals surface area contributed by atoms with E-state index in [1.165, 1.54) is 18.2 Å².